The number of benzene rings is 2. The van der Waals surface area contributed by atoms with Crippen molar-refractivity contribution < 1.29 is 4.39 Å². The number of nitrogens with two attached hydrogens (primary N) is 1. The van der Waals surface area contributed by atoms with Crippen molar-refractivity contribution in [1.29, 1.82) is 0 Å². The normalized spacial score (nSPS) is 13.2. The zero-order valence-electron chi connectivity index (χ0n) is 13.1. The SMILES string of the molecule is CC(C)(C)c1ccc(CC(N)Cc2cccc(F)c2)cc1. The first-order valence-corrected chi connectivity index (χ1v) is 7.44. The van der Waals surface area contributed by atoms with Gasteiger partial charge in [0.25, 0.3) is 0 Å². The van der Waals surface area contributed by atoms with Gasteiger partial charge in [-0.15, -0.1) is 0 Å². The van der Waals surface area contributed by atoms with Crippen LogP contribution in [0.2, 0.25) is 0 Å². The first kappa shape index (κ1) is 15.7. The largest absolute Gasteiger partial charge is 0.327 e. The molecule has 0 aromatic heterocycles. The van der Waals surface area contributed by atoms with Crippen molar-refractivity contribution in [2.45, 2.75) is 45.1 Å². The van der Waals surface area contributed by atoms with Crippen molar-refractivity contribution in [3.8, 4) is 0 Å². The fraction of sp³-hybridized carbons (Fsp3) is 0.368. The zero-order chi connectivity index (χ0) is 15.5. The predicted molar refractivity (Wildman–Crippen MR) is 86.9 cm³/mol. The standard InChI is InChI=1S/C19H24FN/c1-19(2,3)16-9-7-14(8-10-16)12-18(21)13-15-5-4-6-17(20)11-15/h4-11,18H,12-13,21H2,1-3H3. The molecule has 2 aromatic rings. The molecule has 1 nitrogen and oxygen atoms in total. The van der Waals surface area contributed by atoms with Gasteiger partial charge in [0, 0.05) is 6.04 Å². The van der Waals surface area contributed by atoms with Crippen molar-refractivity contribution in [2.24, 2.45) is 5.73 Å². The summed E-state index contributed by atoms with van der Waals surface area (Å²) in [7, 11) is 0. The van der Waals surface area contributed by atoms with E-state index < -0.39 is 0 Å². The van der Waals surface area contributed by atoms with E-state index in [1.165, 1.54) is 17.2 Å². The molecule has 112 valence electrons. The van der Waals surface area contributed by atoms with Gasteiger partial charge in [0.15, 0.2) is 0 Å². The summed E-state index contributed by atoms with van der Waals surface area (Å²) in [5.41, 5.74) is 9.86. The topological polar surface area (TPSA) is 26.0 Å². The minimum Gasteiger partial charge on any atom is -0.327 e. The van der Waals surface area contributed by atoms with E-state index >= 15 is 0 Å². The average Bonchev–Trinajstić information content (AvgIpc) is 2.38. The third kappa shape index (κ3) is 4.68. The lowest BCUT2D eigenvalue weighted by Crippen LogP contribution is -2.25. The van der Waals surface area contributed by atoms with E-state index in [1.807, 2.05) is 6.07 Å². The molecule has 0 fully saturated rings. The lowest BCUT2D eigenvalue weighted by Gasteiger charge is -2.19. The monoisotopic (exact) mass is 285 g/mol. The van der Waals surface area contributed by atoms with Gasteiger partial charge in [-0.05, 0) is 47.1 Å². The molecule has 0 bridgehead atoms. The Morgan fingerprint density at radius 3 is 2.14 bits per heavy atom. The number of hydrogen-bond acceptors (Lipinski definition) is 1. The fourth-order valence-electron chi connectivity index (χ4n) is 2.48. The van der Waals surface area contributed by atoms with Crippen LogP contribution in [0.5, 0.6) is 0 Å². The van der Waals surface area contributed by atoms with Gasteiger partial charge < -0.3 is 5.73 Å². The van der Waals surface area contributed by atoms with Crippen molar-refractivity contribution in [2.75, 3.05) is 0 Å². The molecule has 0 saturated carbocycles. The van der Waals surface area contributed by atoms with Crippen LogP contribution in [0, 0.1) is 5.82 Å². The molecule has 0 radical (unpaired) electrons. The highest BCUT2D eigenvalue weighted by molar-refractivity contribution is 5.28. The van der Waals surface area contributed by atoms with E-state index in [0.29, 0.717) is 6.42 Å². The summed E-state index contributed by atoms with van der Waals surface area (Å²) >= 11 is 0. The van der Waals surface area contributed by atoms with Crippen molar-refractivity contribution in [3.05, 3.63) is 71.0 Å². The molecule has 2 rings (SSSR count). The second-order valence-corrected chi connectivity index (χ2v) is 6.75. The maximum atomic E-state index is 13.2. The minimum absolute atomic E-state index is 0.00675. The van der Waals surface area contributed by atoms with Crippen LogP contribution in [0.15, 0.2) is 48.5 Å². The van der Waals surface area contributed by atoms with E-state index in [2.05, 4.69) is 45.0 Å². The van der Waals surface area contributed by atoms with Gasteiger partial charge in [0.1, 0.15) is 5.82 Å². The highest BCUT2D eigenvalue weighted by Gasteiger charge is 2.13. The molecule has 21 heavy (non-hydrogen) atoms. The van der Waals surface area contributed by atoms with Crippen LogP contribution >= 0.6 is 0 Å². The molecule has 2 heteroatoms. The van der Waals surface area contributed by atoms with E-state index in [-0.39, 0.29) is 17.3 Å². The molecular weight excluding hydrogens is 261 g/mol. The van der Waals surface area contributed by atoms with Crippen LogP contribution in [-0.4, -0.2) is 6.04 Å². The van der Waals surface area contributed by atoms with Gasteiger partial charge in [0.2, 0.25) is 0 Å². The lowest BCUT2D eigenvalue weighted by atomic mass is 9.86. The molecule has 2 aromatic carbocycles. The minimum atomic E-state index is -0.200. The van der Waals surface area contributed by atoms with Crippen molar-refractivity contribution >= 4 is 0 Å². The zero-order valence-corrected chi connectivity index (χ0v) is 13.1. The van der Waals surface area contributed by atoms with Crippen LogP contribution in [0.25, 0.3) is 0 Å². The fourth-order valence-corrected chi connectivity index (χ4v) is 2.48. The smallest absolute Gasteiger partial charge is 0.123 e. The van der Waals surface area contributed by atoms with Gasteiger partial charge in [-0.2, -0.15) is 0 Å². The maximum absolute atomic E-state index is 13.2. The Morgan fingerprint density at radius 2 is 1.57 bits per heavy atom. The Kier molecular flexibility index (Phi) is 4.79. The first-order chi connectivity index (χ1) is 9.84. The van der Waals surface area contributed by atoms with E-state index in [4.69, 9.17) is 5.73 Å². The Hall–Kier alpha value is -1.67. The summed E-state index contributed by atoms with van der Waals surface area (Å²) in [5, 5.41) is 0. The average molecular weight is 285 g/mol. The van der Waals surface area contributed by atoms with Crippen LogP contribution in [-0.2, 0) is 18.3 Å². The Balaban J connectivity index is 1.98. The third-order valence-electron chi connectivity index (χ3n) is 3.70. The van der Waals surface area contributed by atoms with Crippen LogP contribution in [0.4, 0.5) is 4.39 Å². The number of halogens is 1. The summed E-state index contributed by atoms with van der Waals surface area (Å²) in [5.74, 6) is -0.200. The molecule has 0 spiro atoms. The van der Waals surface area contributed by atoms with Crippen LogP contribution in [0.3, 0.4) is 0 Å². The van der Waals surface area contributed by atoms with Crippen LogP contribution < -0.4 is 5.73 Å². The molecule has 0 aliphatic rings. The number of rotatable bonds is 4. The third-order valence-corrected chi connectivity index (χ3v) is 3.70. The molecule has 0 amide bonds. The molecule has 2 N–H and O–H groups in total. The highest BCUT2D eigenvalue weighted by atomic mass is 19.1. The molecule has 0 aliphatic carbocycles. The van der Waals surface area contributed by atoms with E-state index in [9.17, 15) is 4.39 Å². The van der Waals surface area contributed by atoms with E-state index in [0.717, 1.165) is 12.0 Å². The summed E-state index contributed by atoms with van der Waals surface area (Å²) in [4.78, 5) is 0. The van der Waals surface area contributed by atoms with Crippen molar-refractivity contribution in [1.82, 2.24) is 0 Å². The molecule has 0 heterocycles. The van der Waals surface area contributed by atoms with Gasteiger partial charge >= 0.3 is 0 Å². The summed E-state index contributed by atoms with van der Waals surface area (Å²) < 4.78 is 13.2. The Morgan fingerprint density at radius 1 is 0.952 bits per heavy atom. The lowest BCUT2D eigenvalue weighted by molar-refractivity contribution is 0.589. The molecule has 0 aliphatic heterocycles. The summed E-state index contributed by atoms with van der Waals surface area (Å²) in [6.45, 7) is 6.62. The molecule has 1 unspecified atom stereocenters. The Labute approximate surface area is 127 Å². The highest BCUT2D eigenvalue weighted by Crippen LogP contribution is 2.22. The van der Waals surface area contributed by atoms with Crippen LogP contribution in [0.1, 0.15) is 37.5 Å². The van der Waals surface area contributed by atoms with Gasteiger partial charge in [-0.3, -0.25) is 0 Å². The predicted octanol–water partition coefficient (Wildman–Crippen LogP) is 4.24. The Bertz CT molecular complexity index is 581. The van der Waals surface area contributed by atoms with Gasteiger partial charge in [-0.25, -0.2) is 4.39 Å². The molecule has 1 atom stereocenters. The quantitative estimate of drug-likeness (QED) is 0.893. The molecular formula is C19H24FN. The second-order valence-electron chi connectivity index (χ2n) is 6.75. The second kappa shape index (κ2) is 6.40. The maximum Gasteiger partial charge on any atom is 0.123 e. The summed E-state index contributed by atoms with van der Waals surface area (Å²) in [6, 6.07) is 15.3. The van der Waals surface area contributed by atoms with Gasteiger partial charge in [0.05, 0.1) is 0 Å². The first-order valence-electron chi connectivity index (χ1n) is 7.44. The molecule has 0 saturated heterocycles. The van der Waals surface area contributed by atoms with E-state index in [1.54, 1.807) is 12.1 Å². The van der Waals surface area contributed by atoms with Gasteiger partial charge in [-0.1, -0.05) is 57.2 Å². The van der Waals surface area contributed by atoms with Crippen molar-refractivity contribution in [3.63, 3.8) is 0 Å². The number of hydrogen-bond donors (Lipinski definition) is 1. The summed E-state index contributed by atoms with van der Waals surface area (Å²) in [6.07, 6.45) is 1.50.